The van der Waals surface area contributed by atoms with Gasteiger partial charge in [0.05, 0.1) is 6.21 Å². The Balaban J connectivity index is 1.59. The van der Waals surface area contributed by atoms with Crippen molar-refractivity contribution in [3.63, 3.8) is 0 Å². The number of fused-ring (bicyclic) bond motifs is 1. The Hall–Kier alpha value is -3.08. The molecule has 5 nitrogen and oxygen atoms in total. The molecule has 5 heteroatoms. The molecule has 1 amide bonds. The molecule has 0 aliphatic carbocycles. The van der Waals surface area contributed by atoms with Crippen LogP contribution in [0.1, 0.15) is 18.1 Å². The number of aromatic amines is 1. The molecule has 3 N–H and O–H groups in total. The summed E-state index contributed by atoms with van der Waals surface area (Å²) in [6.07, 6.45) is 3.52. The van der Waals surface area contributed by atoms with Gasteiger partial charge in [-0.05, 0) is 32.0 Å². The normalized spacial score (nSPS) is 12.4. The van der Waals surface area contributed by atoms with E-state index < -0.39 is 0 Å². The van der Waals surface area contributed by atoms with Gasteiger partial charge in [0.15, 0.2) is 0 Å². The van der Waals surface area contributed by atoms with Crippen molar-refractivity contribution < 1.29 is 4.79 Å². The number of H-pyrrole nitrogens is 1. The van der Waals surface area contributed by atoms with Crippen molar-refractivity contribution in [1.29, 1.82) is 0 Å². The van der Waals surface area contributed by atoms with Crippen LogP contribution < -0.4 is 10.7 Å². The maximum absolute atomic E-state index is 12.1. The van der Waals surface area contributed by atoms with Gasteiger partial charge in [0.2, 0.25) is 0 Å². The topological polar surface area (TPSA) is 69.3 Å². The van der Waals surface area contributed by atoms with E-state index in [4.69, 9.17) is 0 Å². The van der Waals surface area contributed by atoms with Crippen molar-refractivity contribution in [3.8, 4) is 0 Å². The van der Waals surface area contributed by atoms with Crippen LogP contribution in [0.4, 0.5) is 5.69 Å². The highest BCUT2D eigenvalue weighted by atomic mass is 16.2. The maximum Gasteiger partial charge on any atom is 0.262 e. The molecule has 0 spiro atoms. The van der Waals surface area contributed by atoms with Gasteiger partial charge in [0.25, 0.3) is 5.91 Å². The second-order valence-corrected chi connectivity index (χ2v) is 5.76. The van der Waals surface area contributed by atoms with Crippen molar-refractivity contribution in [2.45, 2.75) is 19.9 Å². The van der Waals surface area contributed by atoms with E-state index in [1.165, 1.54) is 5.56 Å². The highest BCUT2D eigenvalue weighted by Gasteiger charge is 2.11. The smallest absolute Gasteiger partial charge is 0.262 e. The Kier molecular flexibility index (Phi) is 4.61. The molecule has 1 unspecified atom stereocenters. The summed E-state index contributed by atoms with van der Waals surface area (Å²) in [6.45, 7) is 3.83. The van der Waals surface area contributed by atoms with E-state index in [-0.39, 0.29) is 11.9 Å². The summed E-state index contributed by atoms with van der Waals surface area (Å²) in [5, 5.41) is 8.28. The van der Waals surface area contributed by atoms with Gasteiger partial charge >= 0.3 is 0 Å². The monoisotopic (exact) mass is 320 g/mol. The van der Waals surface area contributed by atoms with E-state index in [0.717, 1.165) is 22.2 Å². The molecule has 0 aliphatic heterocycles. The molecule has 1 heterocycles. The summed E-state index contributed by atoms with van der Waals surface area (Å²) in [5.41, 5.74) is 6.64. The van der Waals surface area contributed by atoms with Crippen molar-refractivity contribution in [2.75, 3.05) is 5.32 Å². The Bertz CT molecular complexity index is 864. The zero-order valence-corrected chi connectivity index (χ0v) is 13.7. The molecular formula is C19H20N4O. The van der Waals surface area contributed by atoms with Gasteiger partial charge < -0.3 is 10.3 Å². The number of aryl methyl sites for hydroxylation is 1. The van der Waals surface area contributed by atoms with Gasteiger partial charge in [-0.1, -0.05) is 35.9 Å². The molecule has 0 radical (unpaired) electrons. The third-order valence-electron chi connectivity index (χ3n) is 3.83. The van der Waals surface area contributed by atoms with Crippen molar-refractivity contribution in [2.24, 2.45) is 5.10 Å². The number of hydrazone groups is 1. The number of nitrogens with one attached hydrogen (secondary N) is 3. The van der Waals surface area contributed by atoms with Crippen molar-refractivity contribution >= 4 is 28.7 Å². The van der Waals surface area contributed by atoms with Gasteiger partial charge in [0.1, 0.15) is 6.04 Å². The number of hydrogen-bond acceptors (Lipinski definition) is 3. The number of carbonyl (C=O) groups excluding carboxylic acids is 1. The van der Waals surface area contributed by atoms with E-state index in [0.29, 0.717) is 0 Å². The third-order valence-corrected chi connectivity index (χ3v) is 3.83. The number of carbonyl (C=O) groups is 1. The highest BCUT2D eigenvalue weighted by Crippen LogP contribution is 2.15. The quantitative estimate of drug-likeness (QED) is 0.498. The van der Waals surface area contributed by atoms with Gasteiger partial charge in [-0.25, -0.2) is 5.43 Å². The van der Waals surface area contributed by atoms with Gasteiger partial charge in [-0.2, -0.15) is 5.10 Å². The van der Waals surface area contributed by atoms with Crippen LogP contribution in [0.25, 0.3) is 10.9 Å². The minimum Gasteiger partial charge on any atom is -0.374 e. The molecule has 0 bridgehead atoms. The van der Waals surface area contributed by atoms with Crippen LogP contribution in [-0.2, 0) is 4.79 Å². The van der Waals surface area contributed by atoms with Crippen LogP contribution >= 0.6 is 0 Å². The average Bonchev–Trinajstić information content (AvgIpc) is 3.00. The van der Waals surface area contributed by atoms with E-state index in [9.17, 15) is 4.79 Å². The van der Waals surface area contributed by atoms with Gasteiger partial charge in [-0.3, -0.25) is 4.79 Å². The fraction of sp³-hybridized carbons (Fsp3) is 0.158. The van der Waals surface area contributed by atoms with E-state index in [2.05, 4.69) is 20.8 Å². The first-order valence-corrected chi connectivity index (χ1v) is 7.86. The summed E-state index contributed by atoms with van der Waals surface area (Å²) in [5.74, 6) is -0.188. The molecule has 122 valence electrons. The lowest BCUT2D eigenvalue weighted by atomic mass is 10.2. The maximum atomic E-state index is 12.1. The summed E-state index contributed by atoms with van der Waals surface area (Å²) in [4.78, 5) is 15.3. The zero-order valence-electron chi connectivity index (χ0n) is 13.7. The number of anilines is 1. The first kappa shape index (κ1) is 15.8. The Morgan fingerprint density at radius 2 is 1.92 bits per heavy atom. The lowest BCUT2D eigenvalue weighted by molar-refractivity contribution is -0.121. The fourth-order valence-corrected chi connectivity index (χ4v) is 2.43. The van der Waals surface area contributed by atoms with Crippen LogP contribution in [0.2, 0.25) is 0 Å². The predicted molar refractivity (Wildman–Crippen MR) is 98.3 cm³/mol. The Morgan fingerprint density at radius 1 is 1.17 bits per heavy atom. The van der Waals surface area contributed by atoms with E-state index in [1.807, 2.05) is 61.7 Å². The molecule has 1 atom stereocenters. The number of rotatable bonds is 5. The second kappa shape index (κ2) is 7.00. The molecule has 0 saturated heterocycles. The number of aromatic nitrogens is 1. The average molecular weight is 320 g/mol. The van der Waals surface area contributed by atoms with E-state index in [1.54, 1.807) is 13.1 Å². The minimum absolute atomic E-state index is 0.188. The SMILES string of the molecule is Cc1ccc(NC(C)C(=O)N/N=C/c2c[nH]c3ccccc23)cc1. The number of para-hydroxylation sites is 1. The minimum atomic E-state index is -0.382. The van der Waals surface area contributed by atoms with Crippen LogP contribution in [-0.4, -0.2) is 23.1 Å². The third kappa shape index (κ3) is 3.63. The number of amides is 1. The summed E-state index contributed by atoms with van der Waals surface area (Å²) >= 11 is 0. The molecule has 24 heavy (non-hydrogen) atoms. The molecule has 2 aromatic carbocycles. The summed E-state index contributed by atoms with van der Waals surface area (Å²) in [7, 11) is 0. The summed E-state index contributed by atoms with van der Waals surface area (Å²) in [6, 6.07) is 15.5. The second-order valence-electron chi connectivity index (χ2n) is 5.76. The predicted octanol–water partition coefficient (Wildman–Crippen LogP) is 3.43. The Morgan fingerprint density at radius 3 is 2.71 bits per heavy atom. The Labute approximate surface area is 140 Å². The van der Waals surface area contributed by atoms with Crippen molar-refractivity contribution in [1.82, 2.24) is 10.4 Å². The fourth-order valence-electron chi connectivity index (χ4n) is 2.43. The molecule has 0 fully saturated rings. The molecular weight excluding hydrogens is 300 g/mol. The molecule has 3 rings (SSSR count). The van der Waals surface area contributed by atoms with Gasteiger partial charge in [0, 0.05) is 28.4 Å². The first-order valence-electron chi connectivity index (χ1n) is 7.86. The summed E-state index contributed by atoms with van der Waals surface area (Å²) < 4.78 is 0. The zero-order chi connectivity index (χ0) is 16.9. The molecule has 0 saturated carbocycles. The molecule has 1 aromatic heterocycles. The largest absolute Gasteiger partial charge is 0.374 e. The first-order chi connectivity index (χ1) is 11.6. The standard InChI is InChI=1S/C19H20N4O/c1-13-7-9-16(10-8-13)22-14(2)19(24)23-21-12-15-11-20-18-6-4-3-5-17(15)18/h3-12,14,20,22H,1-2H3,(H,23,24)/b21-12+. The van der Waals surface area contributed by atoms with Crippen LogP contribution in [0.15, 0.2) is 59.8 Å². The molecule has 0 aliphatic rings. The number of nitrogens with zero attached hydrogens (tertiary/aromatic N) is 1. The van der Waals surface area contributed by atoms with Crippen LogP contribution in [0.5, 0.6) is 0 Å². The number of hydrogen-bond donors (Lipinski definition) is 3. The van der Waals surface area contributed by atoms with Crippen LogP contribution in [0.3, 0.4) is 0 Å². The number of benzene rings is 2. The van der Waals surface area contributed by atoms with Crippen LogP contribution in [0, 0.1) is 6.92 Å². The van der Waals surface area contributed by atoms with Gasteiger partial charge in [-0.15, -0.1) is 0 Å². The molecule has 3 aromatic rings. The lowest BCUT2D eigenvalue weighted by Crippen LogP contribution is -2.34. The van der Waals surface area contributed by atoms with E-state index >= 15 is 0 Å². The lowest BCUT2D eigenvalue weighted by Gasteiger charge is -2.13. The highest BCUT2D eigenvalue weighted by molar-refractivity contribution is 5.99. The van der Waals surface area contributed by atoms with Crippen molar-refractivity contribution in [3.05, 3.63) is 65.9 Å².